The van der Waals surface area contributed by atoms with E-state index in [0.717, 1.165) is 21.1 Å². The Morgan fingerprint density at radius 2 is 0.910 bits per heavy atom. The molecule has 360 valence electrons. The van der Waals surface area contributed by atoms with E-state index in [-0.39, 0.29) is 74.3 Å². The topological polar surface area (TPSA) is 287 Å². The molecule has 2 aromatic heterocycles. The molecule has 67 heavy (non-hydrogen) atoms. The molecule has 0 saturated heterocycles. The number of aromatic nitrogens is 4. The summed E-state index contributed by atoms with van der Waals surface area (Å²) in [6.07, 6.45) is 1.16. The van der Waals surface area contributed by atoms with Crippen LogP contribution in [0.4, 0.5) is 20.7 Å². The number of benzene rings is 2. The molecule has 0 radical (unpaired) electrons. The number of halogens is 2. The summed E-state index contributed by atoms with van der Waals surface area (Å²) in [5.41, 5.74) is 3.52. The second-order valence-corrected chi connectivity index (χ2v) is 19.9. The normalized spacial score (nSPS) is 13.7. The molecule has 0 bridgehead atoms. The Bertz CT molecular complexity index is 2430. The van der Waals surface area contributed by atoms with Gasteiger partial charge in [-0.05, 0) is 60.4 Å². The number of nitrogens with zero attached hydrogens (tertiary/aromatic N) is 6. The first kappa shape index (κ1) is 58.6. The number of sulfonamides is 2. The summed E-state index contributed by atoms with van der Waals surface area (Å²) in [5, 5.41) is 61.1. The van der Waals surface area contributed by atoms with Gasteiger partial charge < -0.3 is 40.2 Å². The van der Waals surface area contributed by atoms with E-state index in [9.17, 15) is 65.8 Å². The molecule has 0 spiro atoms. The number of carboxylic acids is 2. The number of carbonyl (C=O) groups excluding carboxylic acids is 2. The third-order valence-electron chi connectivity index (χ3n) is 9.62. The Labute approximate surface area is 418 Å². The van der Waals surface area contributed by atoms with Gasteiger partial charge in [0.2, 0.25) is 31.9 Å². The molecule has 18 nitrogen and oxygen atoms in total. The van der Waals surface area contributed by atoms with Gasteiger partial charge in [0.25, 0.3) is 0 Å². The number of aliphatic hydroxyl groups is 4. The first-order chi connectivity index (χ1) is 30.6. The summed E-state index contributed by atoms with van der Waals surface area (Å²) in [7, 11) is -4.67. The molecule has 23 heteroatoms. The fourth-order valence-corrected chi connectivity index (χ4v) is 6.83. The molecule has 2 aromatic carbocycles. The first-order valence-electron chi connectivity index (χ1n) is 20.3. The van der Waals surface area contributed by atoms with Gasteiger partial charge in [-0.3, -0.25) is 0 Å². The Kier molecular flexibility index (Phi) is 22.5. The average Bonchev–Trinajstić information content (AvgIpc) is 3.20. The van der Waals surface area contributed by atoms with Crippen LogP contribution in [0.15, 0.2) is 60.7 Å². The second kappa shape index (κ2) is 25.7. The van der Waals surface area contributed by atoms with Gasteiger partial charge in [-0.2, -0.15) is 0 Å². The SMILES string of the molecule is CC(C)c1nc(N(C)S(C)(=O)=O)nc(-c2ccc(F)cc2)c1/C=C\[C@@H](O)C[C@@H](O)CC(=O)[O-].CC(C)c1nc(N(C)S(C)(=O)=O)nc(-c2ccc(F)cc2)c1/C=C\[C@@H](O)C[C@@H](O)CC(=O)[O-].[Ca+2]. The van der Waals surface area contributed by atoms with Gasteiger partial charge in [0.05, 0.1) is 59.7 Å². The van der Waals surface area contributed by atoms with Crippen molar-refractivity contribution in [1.82, 2.24) is 19.9 Å². The summed E-state index contributed by atoms with van der Waals surface area (Å²) >= 11 is 0. The predicted molar refractivity (Wildman–Crippen MR) is 246 cm³/mol. The summed E-state index contributed by atoms with van der Waals surface area (Å²) in [6.45, 7) is 7.38. The zero-order valence-electron chi connectivity index (χ0n) is 38.2. The fraction of sp³-hybridized carbons (Fsp3) is 0.409. The minimum Gasteiger partial charge on any atom is -0.550 e. The quantitative estimate of drug-likeness (QED) is 0.0918. The molecule has 0 aliphatic heterocycles. The summed E-state index contributed by atoms with van der Waals surface area (Å²) in [5.74, 6) is -4.28. The van der Waals surface area contributed by atoms with Crippen LogP contribution in [0.3, 0.4) is 0 Å². The Balaban J connectivity index is 0.000000453. The van der Waals surface area contributed by atoms with E-state index in [1.54, 1.807) is 0 Å². The summed E-state index contributed by atoms with van der Waals surface area (Å²) in [4.78, 5) is 38.9. The molecule has 4 aromatic rings. The van der Waals surface area contributed by atoms with Crippen LogP contribution in [-0.2, 0) is 29.6 Å². The summed E-state index contributed by atoms with van der Waals surface area (Å²) < 4.78 is 77.1. The van der Waals surface area contributed by atoms with Gasteiger partial charge in [-0.1, -0.05) is 52.0 Å². The van der Waals surface area contributed by atoms with Crippen molar-refractivity contribution < 1.29 is 65.8 Å². The first-order valence-corrected chi connectivity index (χ1v) is 24.0. The maximum atomic E-state index is 13.5. The van der Waals surface area contributed by atoms with Crippen molar-refractivity contribution >= 4 is 93.8 Å². The standard InChI is InChI=1S/2C22H28FN3O6S.Ca/c2*1-13(2)20-18(10-9-16(27)11-17(28)12-19(29)30)21(14-5-7-15(23)8-6-14)25-22(24-20)26(3)33(4,31)32;/h2*5-10,13,16-17,27-28H,11-12H2,1-4H3,(H,29,30);/q;;+2/p-2/b2*10-9-;/t2*16-,17-;/m11./s1. The van der Waals surface area contributed by atoms with Crippen molar-refractivity contribution in [2.75, 3.05) is 35.2 Å². The molecule has 4 atom stereocenters. The van der Waals surface area contributed by atoms with Crippen molar-refractivity contribution in [3.63, 3.8) is 0 Å². The number of hydrogen-bond donors (Lipinski definition) is 4. The van der Waals surface area contributed by atoms with Gasteiger partial charge in [0.15, 0.2) is 0 Å². The fourth-order valence-electron chi connectivity index (χ4n) is 6.07. The zero-order valence-corrected chi connectivity index (χ0v) is 42.1. The van der Waals surface area contributed by atoms with Crippen molar-refractivity contribution in [3.8, 4) is 22.5 Å². The molecular formula is C44H54CaF2N6O12S2. The van der Waals surface area contributed by atoms with E-state index >= 15 is 0 Å². The molecule has 0 aliphatic carbocycles. The predicted octanol–water partition coefficient (Wildman–Crippen LogP) is 1.75. The van der Waals surface area contributed by atoms with Gasteiger partial charge in [-0.15, -0.1) is 0 Å². The van der Waals surface area contributed by atoms with Gasteiger partial charge >= 0.3 is 37.7 Å². The maximum Gasteiger partial charge on any atom is 2.00 e. The molecule has 0 saturated carbocycles. The number of anilines is 2. The van der Waals surface area contributed by atoms with E-state index in [1.165, 1.54) is 86.9 Å². The van der Waals surface area contributed by atoms with Crippen molar-refractivity contribution in [2.24, 2.45) is 0 Å². The van der Waals surface area contributed by atoms with Crippen molar-refractivity contribution in [1.29, 1.82) is 0 Å². The van der Waals surface area contributed by atoms with Crippen LogP contribution in [0.25, 0.3) is 34.7 Å². The third kappa shape index (κ3) is 18.1. The number of rotatable bonds is 20. The second-order valence-electron chi connectivity index (χ2n) is 15.9. The van der Waals surface area contributed by atoms with Crippen LogP contribution < -0.4 is 18.8 Å². The number of aliphatic carboxylic acids is 2. The Morgan fingerprint density at radius 3 is 1.16 bits per heavy atom. The molecular weight excluding hydrogens is 947 g/mol. The van der Waals surface area contributed by atoms with E-state index in [0.29, 0.717) is 45.0 Å². The molecule has 4 rings (SSSR count). The van der Waals surface area contributed by atoms with Gasteiger partial charge in [-0.25, -0.2) is 54.2 Å². The number of aliphatic hydroxyl groups excluding tert-OH is 4. The minimum atomic E-state index is -3.66. The van der Waals surface area contributed by atoms with Crippen LogP contribution >= 0.6 is 0 Å². The van der Waals surface area contributed by atoms with E-state index in [4.69, 9.17) is 0 Å². The smallest absolute Gasteiger partial charge is 0.550 e. The van der Waals surface area contributed by atoms with Crippen molar-refractivity contribution in [3.05, 3.63) is 94.8 Å². The zero-order chi connectivity index (χ0) is 49.8. The van der Waals surface area contributed by atoms with Crippen LogP contribution in [-0.4, -0.2) is 158 Å². The molecule has 0 unspecified atom stereocenters. The van der Waals surface area contributed by atoms with Crippen LogP contribution in [0.1, 0.15) is 87.7 Å². The molecule has 0 fully saturated rings. The maximum absolute atomic E-state index is 13.5. The average molecular weight is 1000 g/mol. The van der Waals surface area contributed by atoms with E-state index < -0.39 is 80.9 Å². The molecule has 4 N–H and O–H groups in total. The number of carboxylic acid groups (broad SMARTS) is 2. The van der Waals surface area contributed by atoms with Crippen LogP contribution in [0.2, 0.25) is 0 Å². The molecule has 2 heterocycles. The Hall–Kier alpha value is -4.52. The molecule has 0 aliphatic rings. The van der Waals surface area contributed by atoms with Gasteiger partial charge in [0, 0.05) is 74.0 Å². The minimum absolute atomic E-state index is 0. The monoisotopic (exact) mass is 1000 g/mol. The Morgan fingerprint density at radius 1 is 0.612 bits per heavy atom. The van der Waals surface area contributed by atoms with Crippen LogP contribution in [0, 0.1) is 11.6 Å². The van der Waals surface area contributed by atoms with Gasteiger partial charge in [0.1, 0.15) is 11.6 Å². The largest absolute Gasteiger partial charge is 2.00 e. The number of carbonyl (C=O) groups is 2. The summed E-state index contributed by atoms with van der Waals surface area (Å²) in [6, 6.07) is 10.9. The molecule has 0 amide bonds. The van der Waals surface area contributed by atoms with E-state index in [1.807, 2.05) is 27.7 Å². The van der Waals surface area contributed by atoms with Crippen molar-refractivity contribution in [2.45, 2.75) is 89.6 Å². The number of hydrogen-bond acceptors (Lipinski definition) is 16. The van der Waals surface area contributed by atoms with Crippen LogP contribution in [0.5, 0.6) is 0 Å². The van der Waals surface area contributed by atoms with E-state index in [2.05, 4.69) is 19.9 Å². The third-order valence-corrected chi connectivity index (χ3v) is 11.9.